The van der Waals surface area contributed by atoms with Gasteiger partial charge in [0.15, 0.2) is 0 Å². The predicted molar refractivity (Wildman–Crippen MR) is 76.9 cm³/mol. The second-order valence-corrected chi connectivity index (χ2v) is 5.09. The largest absolute Gasteiger partial charge is 0.545 e. The third-order valence-corrected chi connectivity index (χ3v) is 3.47. The fourth-order valence-electron chi connectivity index (χ4n) is 2.34. The molecule has 1 aliphatic rings. The number of rotatable bonds is 4. The lowest BCUT2D eigenvalue weighted by molar-refractivity contribution is -0.255. The number of hydrogen-bond donors (Lipinski definition) is 2. The number of carboxylic acid groups (broad SMARTS) is 1. The van der Waals surface area contributed by atoms with Crippen molar-refractivity contribution in [3.05, 3.63) is 35.4 Å². The summed E-state index contributed by atoms with van der Waals surface area (Å²) < 4.78 is 0. The number of urea groups is 1. The maximum Gasteiger partial charge on any atom is 0.335 e. The number of amides is 2. The first-order chi connectivity index (χ1) is 10.1. The Hall–Kier alpha value is -2.37. The van der Waals surface area contributed by atoms with Crippen molar-refractivity contribution in [2.75, 3.05) is 0 Å². The van der Waals surface area contributed by atoms with Gasteiger partial charge in [0.05, 0.1) is 12.2 Å². The predicted octanol–water partition coefficient (Wildman–Crippen LogP) is 1.02. The highest BCUT2D eigenvalue weighted by Gasteiger charge is 2.14. The number of nitrogens with one attached hydrogen (secondary N) is 2. The van der Waals surface area contributed by atoms with Crippen molar-refractivity contribution >= 4 is 18.2 Å². The van der Waals surface area contributed by atoms with Crippen molar-refractivity contribution in [1.29, 1.82) is 0 Å². The molecule has 2 rings (SSSR count). The Kier molecular flexibility index (Phi) is 5.31. The third kappa shape index (κ3) is 4.91. The van der Waals surface area contributed by atoms with Gasteiger partial charge in [-0.05, 0) is 24.0 Å². The average molecular weight is 288 g/mol. The van der Waals surface area contributed by atoms with E-state index in [2.05, 4.69) is 15.8 Å². The van der Waals surface area contributed by atoms with E-state index in [1.165, 1.54) is 24.8 Å². The molecule has 2 N–H and O–H groups in total. The normalized spacial score (nSPS) is 15.8. The van der Waals surface area contributed by atoms with E-state index in [0.29, 0.717) is 5.56 Å². The van der Waals surface area contributed by atoms with Crippen molar-refractivity contribution in [3.63, 3.8) is 0 Å². The average Bonchev–Trinajstić information content (AvgIpc) is 2.49. The van der Waals surface area contributed by atoms with Crippen LogP contribution < -0.4 is 15.8 Å². The minimum Gasteiger partial charge on any atom is -0.545 e. The minimum absolute atomic E-state index is 0.107. The van der Waals surface area contributed by atoms with Gasteiger partial charge >= 0.3 is 6.03 Å². The molecule has 21 heavy (non-hydrogen) atoms. The smallest absolute Gasteiger partial charge is 0.335 e. The van der Waals surface area contributed by atoms with Crippen LogP contribution in [0.2, 0.25) is 0 Å². The Balaban J connectivity index is 1.78. The van der Waals surface area contributed by atoms with Gasteiger partial charge in [-0.3, -0.25) is 0 Å². The molecule has 1 fully saturated rings. The molecule has 112 valence electrons. The Labute approximate surface area is 123 Å². The highest BCUT2D eigenvalue weighted by Crippen LogP contribution is 2.17. The highest BCUT2D eigenvalue weighted by molar-refractivity contribution is 5.88. The summed E-state index contributed by atoms with van der Waals surface area (Å²) >= 11 is 0. The van der Waals surface area contributed by atoms with Gasteiger partial charge in [0.1, 0.15) is 0 Å². The standard InChI is InChI=1S/C15H19N3O3/c19-14(20)12-8-6-11(7-9-12)10-16-18-15(21)17-13-4-2-1-3-5-13/h6-10,13H,1-5H2,(H,19,20)(H2,17,18,21)/p-1/b16-10-. The summed E-state index contributed by atoms with van der Waals surface area (Å²) in [6.07, 6.45) is 7.03. The van der Waals surface area contributed by atoms with Crippen molar-refractivity contribution < 1.29 is 14.7 Å². The van der Waals surface area contributed by atoms with Crippen molar-refractivity contribution in [3.8, 4) is 0 Å². The molecule has 0 atom stereocenters. The molecule has 0 bridgehead atoms. The molecule has 2 amide bonds. The van der Waals surface area contributed by atoms with Crippen molar-refractivity contribution in [2.45, 2.75) is 38.1 Å². The molecule has 0 aliphatic heterocycles. The number of hydrazone groups is 1. The van der Waals surface area contributed by atoms with E-state index < -0.39 is 5.97 Å². The second kappa shape index (κ2) is 7.42. The van der Waals surface area contributed by atoms with Gasteiger partial charge < -0.3 is 15.2 Å². The lowest BCUT2D eigenvalue weighted by atomic mass is 9.96. The van der Waals surface area contributed by atoms with Gasteiger partial charge in [0.25, 0.3) is 0 Å². The van der Waals surface area contributed by atoms with Gasteiger partial charge in [-0.1, -0.05) is 43.5 Å². The zero-order valence-corrected chi connectivity index (χ0v) is 11.7. The number of benzene rings is 1. The van der Waals surface area contributed by atoms with Gasteiger partial charge in [0, 0.05) is 6.04 Å². The number of carbonyl (C=O) groups is 2. The summed E-state index contributed by atoms with van der Waals surface area (Å²) in [5.41, 5.74) is 3.21. The third-order valence-electron chi connectivity index (χ3n) is 3.47. The van der Waals surface area contributed by atoms with Crippen LogP contribution in [0, 0.1) is 0 Å². The van der Waals surface area contributed by atoms with Crippen LogP contribution in [0.15, 0.2) is 29.4 Å². The van der Waals surface area contributed by atoms with E-state index in [4.69, 9.17) is 0 Å². The lowest BCUT2D eigenvalue weighted by Gasteiger charge is -2.22. The maximum atomic E-state index is 11.6. The van der Waals surface area contributed by atoms with E-state index in [-0.39, 0.29) is 17.6 Å². The molecule has 6 heteroatoms. The van der Waals surface area contributed by atoms with E-state index in [9.17, 15) is 14.7 Å². The summed E-state index contributed by atoms with van der Waals surface area (Å²) in [7, 11) is 0. The van der Waals surface area contributed by atoms with E-state index in [0.717, 1.165) is 25.7 Å². The summed E-state index contributed by atoms with van der Waals surface area (Å²) in [6.45, 7) is 0. The summed E-state index contributed by atoms with van der Waals surface area (Å²) in [6, 6.07) is 5.96. The number of carboxylic acids is 1. The Bertz CT molecular complexity index is 519. The number of hydrogen-bond acceptors (Lipinski definition) is 4. The molecule has 1 saturated carbocycles. The number of aromatic carboxylic acids is 1. The topological polar surface area (TPSA) is 93.6 Å². The van der Waals surface area contributed by atoms with Crippen LogP contribution in [0.5, 0.6) is 0 Å². The zero-order valence-electron chi connectivity index (χ0n) is 11.7. The van der Waals surface area contributed by atoms with Crippen LogP contribution in [0.1, 0.15) is 48.0 Å². The quantitative estimate of drug-likeness (QED) is 0.639. The van der Waals surface area contributed by atoms with Gasteiger partial charge in [-0.15, -0.1) is 0 Å². The Morgan fingerprint density at radius 1 is 1.14 bits per heavy atom. The van der Waals surface area contributed by atoms with Gasteiger partial charge in [-0.2, -0.15) is 5.10 Å². The van der Waals surface area contributed by atoms with Crippen LogP contribution >= 0.6 is 0 Å². The van der Waals surface area contributed by atoms with Crippen molar-refractivity contribution in [1.82, 2.24) is 10.7 Å². The van der Waals surface area contributed by atoms with Gasteiger partial charge in [-0.25, -0.2) is 10.2 Å². The van der Waals surface area contributed by atoms with E-state index in [1.54, 1.807) is 12.1 Å². The summed E-state index contributed by atoms with van der Waals surface area (Å²) in [5, 5.41) is 17.3. The molecule has 0 saturated heterocycles. The fraction of sp³-hybridized carbons (Fsp3) is 0.400. The van der Waals surface area contributed by atoms with E-state index in [1.807, 2.05) is 0 Å². The molecule has 0 heterocycles. The molecule has 6 nitrogen and oxygen atoms in total. The first-order valence-electron chi connectivity index (χ1n) is 7.06. The first kappa shape index (κ1) is 15.0. The molecular formula is C15H18N3O3-. The van der Waals surface area contributed by atoms with Crippen LogP contribution in [0.4, 0.5) is 4.79 Å². The van der Waals surface area contributed by atoms with E-state index >= 15 is 0 Å². The minimum atomic E-state index is -1.22. The van der Waals surface area contributed by atoms with Crippen LogP contribution in [-0.4, -0.2) is 24.3 Å². The van der Waals surface area contributed by atoms with Crippen molar-refractivity contribution in [2.24, 2.45) is 5.10 Å². The molecule has 0 aromatic heterocycles. The summed E-state index contributed by atoms with van der Waals surface area (Å²) in [4.78, 5) is 22.2. The summed E-state index contributed by atoms with van der Waals surface area (Å²) in [5.74, 6) is -1.22. The zero-order chi connectivity index (χ0) is 15.1. The number of carbonyl (C=O) groups excluding carboxylic acids is 2. The molecule has 0 unspecified atom stereocenters. The Morgan fingerprint density at radius 2 is 1.81 bits per heavy atom. The molecule has 0 spiro atoms. The first-order valence-corrected chi connectivity index (χ1v) is 7.06. The molecule has 1 aromatic rings. The molecular weight excluding hydrogens is 270 g/mol. The maximum absolute atomic E-state index is 11.6. The van der Waals surface area contributed by atoms with Crippen LogP contribution in [-0.2, 0) is 0 Å². The molecule has 1 aliphatic carbocycles. The van der Waals surface area contributed by atoms with Crippen LogP contribution in [0.3, 0.4) is 0 Å². The highest BCUT2D eigenvalue weighted by atomic mass is 16.4. The monoisotopic (exact) mass is 288 g/mol. The fourth-order valence-corrected chi connectivity index (χ4v) is 2.34. The second-order valence-electron chi connectivity index (χ2n) is 5.09. The molecule has 1 aromatic carbocycles. The SMILES string of the molecule is O=C(N/N=C\c1ccc(C(=O)[O-])cc1)NC1CCCCC1. The van der Waals surface area contributed by atoms with Crippen LogP contribution in [0.25, 0.3) is 0 Å². The van der Waals surface area contributed by atoms with Gasteiger partial charge in [0.2, 0.25) is 0 Å². The number of nitrogens with zero attached hydrogens (tertiary/aromatic N) is 1. The lowest BCUT2D eigenvalue weighted by Crippen LogP contribution is -2.41. The Morgan fingerprint density at radius 3 is 2.43 bits per heavy atom. The molecule has 0 radical (unpaired) electrons.